The molecule has 0 amide bonds. The third-order valence-corrected chi connectivity index (χ3v) is 10.9. The van der Waals surface area contributed by atoms with Gasteiger partial charge in [0.05, 0.1) is 12.2 Å². The molecule has 184 valence electrons. The summed E-state index contributed by atoms with van der Waals surface area (Å²) in [6.07, 6.45) is 1.18. The molecule has 4 aliphatic rings. The summed E-state index contributed by atoms with van der Waals surface area (Å²) in [7, 11) is 0. The molecule has 0 aliphatic heterocycles. The predicted octanol–water partition coefficient (Wildman–Crippen LogP) is 3.93. The molecule has 0 heterocycles. The number of carboxylic acids is 1. The van der Waals surface area contributed by atoms with Crippen LogP contribution in [-0.2, 0) is 14.4 Å². The number of carbonyl (C=O) groups is 3. The monoisotopic (exact) mass is 460 g/mol. The first-order valence-electron chi connectivity index (χ1n) is 12.5. The zero-order valence-corrected chi connectivity index (χ0v) is 20.9. The molecule has 8 atom stereocenters. The van der Waals surface area contributed by atoms with E-state index in [1.54, 1.807) is 0 Å². The second-order valence-corrected chi connectivity index (χ2v) is 12.6. The summed E-state index contributed by atoms with van der Waals surface area (Å²) in [5, 5.41) is 32.2. The van der Waals surface area contributed by atoms with Crippen molar-refractivity contribution in [1.29, 1.82) is 0 Å². The maximum Gasteiger partial charge on any atom is 0.303 e. The number of hydrogen-bond donors (Lipinski definition) is 3. The number of aliphatic hydroxyl groups is 2. The van der Waals surface area contributed by atoms with E-state index in [9.17, 15) is 24.6 Å². The minimum atomic E-state index is -0.875. The highest BCUT2D eigenvalue weighted by Gasteiger charge is 2.69. The number of allylic oxidation sites excluding steroid dienone is 1. The van der Waals surface area contributed by atoms with Gasteiger partial charge in [-0.3, -0.25) is 14.4 Å². The molecule has 0 aromatic carbocycles. The highest BCUT2D eigenvalue weighted by molar-refractivity contribution is 6.01. The van der Waals surface area contributed by atoms with Crippen LogP contribution in [0.5, 0.6) is 0 Å². The van der Waals surface area contributed by atoms with Gasteiger partial charge in [0.2, 0.25) is 0 Å². The normalized spacial score (nSPS) is 45.3. The Morgan fingerprint density at radius 2 is 1.73 bits per heavy atom. The van der Waals surface area contributed by atoms with Crippen molar-refractivity contribution in [2.75, 3.05) is 0 Å². The lowest BCUT2D eigenvalue weighted by molar-refractivity contribution is -0.146. The third-order valence-electron chi connectivity index (χ3n) is 10.9. The Morgan fingerprint density at radius 1 is 1.09 bits per heavy atom. The van der Waals surface area contributed by atoms with Crippen molar-refractivity contribution in [3.05, 3.63) is 11.1 Å². The van der Waals surface area contributed by atoms with Gasteiger partial charge in [0.1, 0.15) is 5.78 Å². The standard InChI is InChI=1S/C27H40O6/c1-14(7-8-21(32)33)15-11-20(31)27(6)23-16(28)12-18-24(2,3)19(30)9-10-25(18,4)22(23)17(29)13-26(15,27)5/h14-16,18,20,28,31H,7-13H2,1-6H3,(H,32,33)/t14-,15-,16?,18?,20?,25+,26-,27+/m1/s1. The fourth-order valence-corrected chi connectivity index (χ4v) is 8.74. The number of aliphatic hydroxyl groups excluding tert-OH is 2. The Balaban J connectivity index is 1.85. The molecule has 0 spiro atoms. The Kier molecular flexibility index (Phi) is 5.58. The molecule has 4 aliphatic carbocycles. The topological polar surface area (TPSA) is 112 Å². The molecule has 0 saturated heterocycles. The number of aliphatic carboxylic acids is 1. The summed E-state index contributed by atoms with van der Waals surface area (Å²) in [6.45, 7) is 12.1. The molecule has 2 saturated carbocycles. The summed E-state index contributed by atoms with van der Waals surface area (Å²) < 4.78 is 0. The van der Waals surface area contributed by atoms with E-state index >= 15 is 0 Å². The molecule has 3 N–H and O–H groups in total. The summed E-state index contributed by atoms with van der Waals surface area (Å²) in [4.78, 5) is 37.9. The van der Waals surface area contributed by atoms with Gasteiger partial charge in [0.15, 0.2) is 5.78 Å². The molecular formula is C27H40O6. The first-order chi connectivity index (χ1) is 15.1. The second kappa shape index (κ2) is 7.48. The Hall–Kier alpha value is -1.53. The molecule has 6 nitrogen and oxygen atoms in total. The summed E-state index contributed by atoms with van der Waals surface area (Å²) in [5.41, 5.74) is -1.08. The molecule has 0 aromatic heterocycles. The van der Waals surface area contributed by atoms with Crippen LogP contribution in [0.4, 0.5) is 0 Å². The van der Waals surface area contributed by atoms with E-state index in [0.29, 0.717) is 43.3 Å². The number of carbonyl (C=O) groups excluding carboxylic acids is 2. The van der Waals surface area contributed by atoms with Crippen LogP contribution in [-0.4, -0.2) is 45.1 Å². The average Bonchev–Trinajstić information content (AvgIpc) is 2.92. The molecule has 33 heavy (non-hydrogen) atoms. The first-order valence-corrected chi connectivity index (χ1v) is 12.5. The van der Waals surface area contributed by atoms with Crippen LogP contribution in [0.15, 0.2) is 11.1 Å². The fraction of sp³-hybridized carbons (Fsp3) is 0.815. The lowest BCUT2D eigenvalue weighted by atomic mass is 9.42. The number of hydrogen-bond acceptors (Lipinski definition) is 5. The zero-order valence-electron chi connectivity index (χ0n) is 20.9. The van der Waals surface area contributed by atoms with Crippen LogP contribution in [0.25, 0.3) is 0 Å². The molecule has 0 aromatic rings. The largest absolute Gasteiger partial charge is 0.481 e. The highest BCUT2D eigenvalue weighted by atomic mass is 16.4. The Labute approximate surface area is 196 Å². The molecular weight excluding hydrogens is 420 g/mol. The molecule has 2 fully saturated rings. The zero-order chi connectivity index (χ0) is 24.7. The van der Waals surface area contributed by atoms with Crippen molar-refractivity contribution in [3.8, 4) is 0 Å². The Morgan fingerprint density at radius 3 is 2.33 bits per heavy atom. The molecule has 0 radical (unpaired) electrons. The van der Waals surface area contributed by atoms with Crippen LogP contribution >= 0.6 is 0 Å². The van der Waals surface area contributed by atoms with E-state index in [4.69, 9.17) is 5.11 Å². The van der Waals surface area contributed by atoms with Gasteiger partial charge in [-0.2, -0.15) is 0 Å². The van der Waals surface area contributed by atoms with Crippen molar-refractivity contribution in [1.82, 2.24) is 0 Å². The molecule has 3 unspecified atom stereocenters. The second-order valence-electron chi connectivity index (χ2n) is 12.6. The van der Waals surface area contributed by atoms with Gasteiger partial charge < -0.3 is 15.3 Å². The maximum absolute atomic E-state index is 13.9. The van der Waals surface area contributed by atoms with Crippen LogP contribution in [0.1, 0.15) is 86.5 Å². The molecule has 6 heteroatoms. The first kappa shape index (κ1) is 24.6. The van der Waals surface area contributed by atoms with Gasteiger partial charge in [-0.05, 0) is 54.4 Å². The smallest absolute Gasteiger partial charge is 0.303 e. The number of ketones is 2. The van der Waals surface area contributed by atoms with Gasteiger partial charge in [-0.25, -0.2) is 0 Å². The van der Waals surface area contributed by atoms with Crippen LogP contribution in [0.2, 0.25) is 0 Å². The SMILES string of the molecule is C[C@H](CCC(=O)O)[C@H]1CC(O)[C@@]2(C)C3=C(C(=O)C[C@]12C)[C@@]1(C)CCC(=O)C(C)(C)C1CC3O. The number of fused-ring (bicyclic) bond motifs is 4. The van der Waals surface area contributed by atoms with Gasteiger partial charge in [0.25, 0.3) is 0 Å². The summed E-state index contributed by atoms with van der Waals surface area (Å²) in [6, 6.07) is 0. The van der Waals surface area contributed by atoms with Gasteiger partial charge in [0, 0.05) is 41.1 Å². The number of rotatable bonds is 4. The number of carboxylic acid groups (broad SMARTS) is 1. The minimum Gasteiger partial charge on any atom is -0.481 e. The fourth-order valence-electron chi connectivity index (χ4n) is 8.74. The van der Waals surface area contributed by atoms with Crippen molar-refractivity contribution in [2.24, 2.45) is 39.4 Å². The van der Waals surface area contributed by atoms with Crippen LogP contribution in [0.3, 0.4) is 0 Å². The molecule has 4 rings (SSSR count). The minimum absolute atomic E-state index is 0.0167. The quantitative estimate of drug-likeness (QED) is 0.586. The van der Waals surface area contributed by atoms with E-state index in [1.807, 2.05) is 27.7 Å². The van der Waals surface area contributed by atoms with E-state index in [1.165, 1.54) is 0 Å². The van der Waals surface area contributed by atoms with Crippen molar-refractivity contribution >= 4 is 17.5 Å². The highest BCUT2D eigenvalue weighted by Crippen LogP contribution is 2.71. The van der Waals surface area contributed by atoms with Crippen molar-refractivity contribution in [2.45, 2.75) is 98.7 Å². The third kappa shape index (κ3) is 3.09. The van der Waals surface area contributed by atoms with E-state index in [0.717, 1.165) is 0 Å². The predicted molar refractivity (Wildman–Crippen MR) is 123 cm³/mol. The van der Waals surface area contributed by atoms with E-state index in [-0.39, 0.29) is 42.2 Å². The van der Waals surface area contributed by atoms with Gasteiger partial charge in [-0.1, -0.05) is 41.5 Å². The number of Topliss-reactive ketones (excluding diaryl/α,β-unsaturated/α-hetero) is 2. The lowest BCUT2D eigenvalue weighted by Gasteiger charge is -2.61. The van der Waals surface area contributed by atoms with E-state index < -0.39 is 39.8 Å². The van der Waals surface area contributed by atoms with Crippen LogP contribution in [0, 0.1) is 39.4 Å². The van der Waals surface area contributed by atoms with Gasteiger partial charge >= 0.3 is 5.97 Å². The average molecular weight is 461 g/mol. The van der Waals surface area contributed by atoms with Gasteiger partial charge in [-0.15, -0.1) is 0 Å². The lowest BCUT2D eigenvalue weighted by Crippen LogP contribution is -2.60. The van der Waals surface area contributed by atoms with E-state index in [2.05, 4.69) is 13.8 Å². The van der Waals surface area contributed by atoms with Crippen LogP contribution < -0.4 is 0 Å². The van der Waals surface area contributed by atoms with Crippen molar-refractivity contribution < 1.29 is 29.7 Å². The molecule has 0 bridgehead atoms. The summed E-state index contributed by atoms with van der Waals surface area (Å²) >= 11 is 0. The van der Waals surface area contributed by atoms with Crippen molar-refractivity contribution in [3.63, 3.8) is 0 Å². The maximum atomic E-state index is 13.9. The Bertz CT molecular complexity index is 933. The summed E-state index contributed by atoms with van der Waals surface area (Å²) in [5.74, 6) is -0.723.